The van der Waals surface area contributed by atoms with E-state index in [4.69, 9.17) is 14.2 Å². The van der Waals surface area contributed by atoms with Gasteiger partial charge in [0.15, 0.2) is 16.7 Å². The van der Waals surface area contributed by atoms with Crippen LogP contribution in [0, 0.1) is 0 Å². The molecule has 0 bridgehead atoms. The molecule has 134 valence electrons. The van der Waals surface area contributed by atoms with Gasteiger partial charge < -0.3 is 19.1 Å². The van der Waals surface area contributed by atoms with E-state index in [-0.39, 0.29) is 5.91 Å². The Morgan fingerprint density at radius 3 is 2.28 bits per heavy atom. The highest BCUT2D eigenvalue weighted by Gasteiger charge is 2.27. The zero-order valence-electron chi connectivity index (χ0n) is 14.7. The van der Waals surface area contributed by atoms with Crippen molar-refractivity contribution in [1.29, 1.82) is 0 Å². The summed E-state index contributed by atoms with van der Waals surface area (Å²) in [6.07, 6.45) is 5.34. The lowest BCUT2D eigenvalue weighted by Crippen LogP contribution is -2.33. The molecule has 0 N–H and O–H groups in total. The lowest BCUT2D eigenvalue weighted by molar-refractivity contribution is -0.113. The normalized spacial score (nSPS) is 19.2. The SMILES string of the molecule is COc1cc(OC)c(OC)cc1C=C1SC(N2CCCCC2)=NC1=O. The third-order valence-electron chi connectivity index (χ3n) is 4.26. The molecule has 1 amide bonds. The van der Waals surface area contributed by atoms with Crippen molar-refractivity contribution in [3.8, 4) is 17.2 Å². The van der Waals surface area contributed by atoms with Gasteiger partial charge in [-0.1, -0.05) is 0 Å². The number of hydrogen-bond acceptors (Lipinski definition) is 6. The van der Waals surface area contributed by atoms with Crippen LogP contribution in [0.5, 0.6) is 17.2 Å². The molecule has 1 saturated heterocycles. The Balaban J connectivity index is 1.87. The monoisotopic (exact) mass is 362 g/mol. The van der Waals surface area contributed by atoms with Crippen LogP contribution in [0.4, 0.5) is 0 Å². The van der Waals surface area contributed by atoms with Crippen LogP contribution in [0.15, 0.2) is 22.0 Å². The molecule has 6 nitrogen and oxygen atoms in total. The molecule has 2 aliphatic heterocycles. The number of carbonyl (C=O) groups excluding carboxylic acids is 1. The summed E-state index contributed by atoms with van der Waals surface area (Å²) in [5.41, 5.74) is 0.756. The average molecular weight is 362 g/mol. The predicted molar refractivity (Wildman–Crippen MR) is 99.5 cm³/mol. The van der Waals surface area contributed by atoms with E-state index in [1.807, 2.05) is 0 Å². The number of benzene rings is 1. The number of likely N-dealkylation sites (tertiary alicyclic amines) is 1. The summed E-state index contributed by atoms with van der Waals surface area (Å²) in [5, 5.41) is 0.801. The van der Waals surface area contributed by atoms with Crippen molar-refractivity contribution in [2.45, 2.75) is 19.3 Å². The summed E-state index contributed by atoms with van der Waals surface area (Å²) in [6, 6.07) is 3.55. The van der Waals surface area contributed by atoms with E-state index in [1.54, 1.807) is 39.5 Å². The van der Waals surface area contributed by atoms with E-state index in [0.717, 1.165) is 36.7 Å². The minimum Gasteiger partial charge on any atom is -0.496 e. The van der Waals surface area contributed by atoms with E-state index in [2.05, 4.69) is 9.89 Å². The summed E-state index contributed by atoms with van der Waals surface area (Å²) in [7, 11) is 4.74. The van der Waals surface area contributed by atoms with Crippen LogP contribution in [0.1, 0.15) is 24.8 Å². The van der Waals surface area contributed by atoms with Crippen molar-refractivity contribution in [2.75, 3.05) is 34.4 Å². The first-order valence-electron chi connectivity index (χ1n) is 8.23. The zero-order chi connectivity index (χ0) is 17.8. The van der Waals surface area contributed by atoms with Gasteiger partial charge in [-0.15, -0.1) is 0 Å². The van der Waals surface area contributed by atoms with Gasteiger partial charge in [-0.3, -0.25) is 4.79 Å². The number of nitrogens with zero attached hydrogens (tertiary/aromatic N) is 2. The number of piperidine rings is 1. The zero-order valence-corrected chi connectivity index (χ0v) is 15.5. The maximum atomic E-state index is 12.3. The molecular weight excluding hydrogens is 340 g/mol. The molecule has 0 atom stereocenters. The molecule has 0 aromatic heterocycles. The van der Waals surface area contributed by atoms with E-state index in [9.17, 15) is 4.79 Å². The van der Waals surface area contributed by atoms with Gasteiger partial charge in [0.2, 0.25) is 0 Å². The topological polar surface area (TPSA) is 60.4 Å². The molecule has 1 fully saturated rings. The van der Waals surface area contributed by atoms with Crippen LogP contribution in [0.2, 0.25) is 0 Å². The lowest BCUT2D eigenvalue weighted by atomic mass is 10.1. The third kappa shape index (κ3) is 3.76. The van der Waals surface area contributed by atoms with Crippen LogP contribution in [-0.4, -0.2) is 50.4 Å². The van der Waals surface area contributed by atoms with E-state index >= 15 is 0 Å². The maximum Gasteiger partial charge on any atom is 0.286 e. The first kappa shape index (κ1) is 17.7. The molecule has 0 unspecified atom stereocenters. The van der Waals surface area contributed by atoms with Gasteiger partial charge in [0.05, 0.1) is 26.2 Å². The number of thioether (sulfide) groups is 1. The average Bonchev–Trinajstić information content (AvgIpc) is 3.02. The Kier molecular flexibility index (Phi) is 5.53. The number of carbonyl (C=O) groups is 1. The Labute approximate surface area is 151 Å². The molecular formula is C18H22N2O4S. The Morgan fingerprint density at radius 2 is 1.64 bits per heavy atom. The highest BCUT2D eigenvalue weighted by molar-refractivity contribution is 8.18. The Hall–Kier alpha value is -2.15. The Morgan fingerprint density at radius 1 is 1.00 bits per heavy atom. The van der Waals surface area contributed by atoms with Crippen molar-refractivity contribution in [2.24, 2.45) is 4.99 Å². The highest BCUT2D eigenvalue weighted by atomic mass is 32.2. The van der Waals surface area contributed by atoms with Crippen molar-refractivity contribution in [3.05, 3.63) is 22.6 Å². The number of methoxy groups -OCH3 is 3. The van der Waals surface area contributed by atoms with Crippen molar-refractivity contribution in [3.63, 3.8) is 0 Å². The van der Waals surface area contributed by atoms with Crippen LogP contribution in [0.3, 0.4) is 0 Å². The molecule has 3 rings (SSSR count). The number of hydrogen-bond donors (Lipinski definition) is 0. The highest BCUT2D eigenvalue weighted by Crippen LogP contribution is 2.38. The number of amidine groups is 1. The molecule has 0 spiro atoms. The number of rotatable bonds is 4. The third-order valence-corrected chi connectivity index (χ3v) is 5.30. The second-order valence-corrected chi connectivity index (χ2v) is 6.82. The van der Waals surface area contributed by atoms with Gasteiger partial charge in [0.25, 0.3) is 5.91 Å². The van der Waals surface area contributed by atoms with E-state index in [1.165, 1.54) is 18.2 Å². The van der Waals surface area contributed by atoms with Gasteiger partial charge in [0.1, 0.15) is 5.75 Å². The van der Waals surface area contributed by atoms with Crippen LogP contribution >= 0.6 is 11.8 Å². The second kappa shape index (κ2) is 7.82. The number of ether oxygens (including phenoxy) is 3. The smallest absolute Gasteiger partial charge is 0.286 e. The van der Waals surface area contributed by atoms with Crippen LogP contribution < -0.4 is 14.2 Å². The maximum absolute atomic E-state index is 12.3. The van der Waals surface area contributed by atoms with Gasteiger partial charge in [-0.2, -0.15) is 4.99 Å². The number of amides is 1. The second-order valence-electron chi connectivity index (χ2n) is 5.81. The van der Waals surface area contributed by atoms with Gasteiger partial charge in [-0.05, 0) is 43.2 Å². The molecule has 1 aromatic rings. The van der Waals surface area contributed by atoms with Crippen LogP contribution in [-0.2, 0) is 4.79 Å². The lowest BCUT2D eigenvalue weighted by Gasteiger charge is -2.27. The van der Waals surface area contributed by atoms with Gasteiger partial charge in [-0.25, -0.2) is 0 Å². The van der Waals surface area contributed by atoms with E-state index < -0.39 is 0 Å². The first-order valence-corrected chi connectivity index (χ1v) is 9.05. The fraction of sp³-hybridized carbons (Fsp3) is 0.444. The molecule has 0 radical (unpaired) electrons. The fourth-order valence-electron chi connectivity index (χ4n) is 2.93. The summed E-state index contributed by atoms with van der Waals surface area (Å²) in [6.45, 7) is 1.93. The first-order chi connectivity index (χ1) is 12.2. The van der Waals surface area contributed by atoms with Crippen LogP contribution in [0.25, 0.3) is 6.08 Å². The quantitative estimate of drug-likeness (QED) is 0.767. The van der Waals surface area contributed by atoms with Crippen molar-refractivity contribution in [1.82, 2.24) is 4.90 Å². The molecule has 2 heterocycles. The summed E-state index contributed by atoms with van der Waals surface area (Å²) < 4.78 is 16.1. The summed E-state index contributed by atoms with van der Waals surface area (Å²) in [5.74, 6) is 1.58. The molecule has 0 saturated carbocycles. The van der Waals surface area contributed by atoms with Gasteiger partial charge in [0, 0.05) is 24.7 Å². The van der Waals surface area contributed by atoms with Gasteiger partial charge >= 0.3 is 0 Å². The van der Waals surface area contributed by atoms with Crippen molar-refractivity contribution >= 4 is 28.9 Å². The Bertz CT molecular complexity index is 724. The van der Waals surface area contributed by atoms with E-state index in [0.29, 0.717) is 22.2 Å². The predicted octanol–water partition coefficient (Wildman–Crippen LogP) is 3.17. The minimum absolute atomic E-state index is 0.206. The fourth-order valence-corrected chi connectivity index (χ4v) is 3.88. The molecule has 25 heavy (non-hydrogen) atoms. The minimum atomic E-state index is -0.206. The molecule has 0 aliphatic carbocycles. The molecule has 1 aromatic carbocycles. The summed E-state index contributed by atoms with van der Waals surface area (Å²) in [4.78, 5) is 19.3. The standard InChI is InChI=1S/C18H22N2O4S/c1-22-13-11-15(24-3)14(23-2)9-12(13)10-16-17(21)19-18(25-16)20-7-5-4-6-8-20/h9-11H,4-8H2,1-3H3. The molecule has 2 aliphatic rings. The van der Waals surface area contributed by atoms with Crippen molar-refractivity contribution < 1.29 is 19.0 Å². The number of aliphatic imine (C=N–C) groups is 1. The largest absolute Gasteiger partial charge is 0.496 e. The summed E-state index contributed by atoms with van der Waals surface area (Å²) >= 11 is 1.42. The molecule has 7 heteroatoms.